The highest BCUT2D eigenvalue weighted by Gasteiger charge is 2.44. The van der Waals surface area contributed by atoms with Crippen LogP contribution in [0.25, 0.3) is 0 Å². The van der Waals surface area contributed by atoms with E-state index in [1.54, 1.807) is 0 Å². The average molecular weight is 182 g/mol. The maximum atomic E-state index is 10.8. The molecule has 70 valence electrons. The second-order valence-electron chi connectivity index (χ2n) is 3.64. The predicted octanol–water partition coefficient (Wildman–Crippen LogP) is 0.882. The van der Waals surface area contributed by atoms with Gasteiger partial charge in [-0.15, -0.1) is 0 Å². The van der Waals surface area contributed by atoms with E-state index in [0.29, 0.717) is 0 Å². The third-order valence-corrected chi connectivity index (χ3v) is 3.00. The van der Waals surface area contributed by atoms with Crippen LogP contribution in [0.4, 0.5) is 0 Å². The zero-order chi connectivity index (χ0) is 9.59. The van der Waals surface area contributed by atoms with Crippen molar-refractivity contribution in [1.29, 1.82) is 0 Å². The molecule has 2 N–H and O–H groups in total. The van der Waals surface area contributed by atoms with Crippen LogP contribution in [-0.4, -0.2) is 22.2 Å². The van der Waals surface area contributed by atoms with Gasteiger partial charge < -0.3 is 10.2 Å². The van der Waals surface area contributed by atoms with Gasteiger partial charge in [0.1, 0.15) is 0 Å². The molecule has 2 rings (SSSR count). The highest BCUT2D eigenvalue weighted by atomic mass is 16.4. The molecule has 0 aromatic heterocycles. The van der Waals surface area contributed by atoms with E-state index in [9.17, 15) is 9.59 Å². The largest absolute Gasteiger partial charge is 0.478 e. The first-order valence-electron chi connectivity index (χ1n) is 4.32. The molecule has 2 aliphatic carbocycles. The first kappa shape index (κ1) is 8.29. The molecule has 4 heteroatoms. The quantitative estimate of drug-likeness (QED) is 0.664. The van der Waals surface area contributed by atoms with E-state index in [1.165, 1.54) is 0 Å². The Morgan fingerprint density at radius 2 is 1.38 bits per heavy atom. The maximum absolute atomic E-state index is 10.8. The van der Waals surface area contributed by atoms with Crippen molar-refractivity contribution >= 4 is 11.9 Å². The molecule has 0 amide bonds. The highest BCUT2D eigenvalue weighted by molar-refractivity contribution is 6.00. The van der Waals surface area contributed by atoms with Crippen LogP contribution in [0.1, 0.15) is 19.3 Å². The van der Waals surface area contributed by atoms with Crippen LogP contribution in [0.2, 0.25) is 0 Å². The minimum absolute atomic E-state index is 0.00593. The third-order valence-electron chi connectivity index (χ3n) is 3.00. The van der Waals surface area contributed by atoms with Gasteiger partial charge in [0.2, 0.25) is 0 Å². The molecule has 2 atom stereocenters. The van der Waals surface area contributed by atoms with Crippen LogP contribution in [0.15, 0.2) is 11.1 Å². The van der Waals surface area contributed by atoms with Crippen LogP contribution >= 0.6 is 0 Å². The van der Waals surface area contributed by atoms with Gasteiger partial charge in [-0.05, 0) is 31.1 Å². The van der Waals surface area contributed by atoms with Crippen molar-refractivity contribution in [2.24, 2.45) is 11.8 Å². The normalized spacial score (nSPS) is 31.1. The monoisotopic (exact) mass is 182 g/mol. The Kier molecular flexibility index (Phi) is 1.65. The molecule has 0 radical (unpaired) electrons. The van der Waals surface area contributed by atoms with Crippen molar-refractivity contribution in [1.82, 2.24) is 0 Å². The van der Waals surface area contributed by atoms with E-state index in [1.807, 2.05) is 0 Å². The summed E-state index contributed by atoms with van der Waals surface area (Å²) in [4.78, 5) is 21.6. The van der Waals surface area contributed by atoms with Crippen LogP contribution in [0.3, 0.4) is 0 Å². The van der Waals surface area contributed by atoms with E-state index in [4.69, 9.17) is 10.2 Å². The molecule has 1 fully saturated rings. The lowest BCUT2D eigenvalue weighted by molar-refractivity contribution is -0.136. The lowest BCUT2D eigenvalue weighted by atomic mass is 9.92. The van der Waals surface area contributed by atoms with Crippen molar-refractivity contribution in [2.45, 2.75) is 19.3 Å². The topological polar surface area (TPSA) is 74.6 Å². The summed E-state index contributed by atoms with van der Waals surface area (Å²) >= 11 is 0. The fraction of sp³-hybridized carbons (Fsp3) is 0.556. The summed E-state index contributed by atoms with van der Waals surface area (Å²) < 4.78 is 0. The summed E-state index contributed by atoms with van der Waals surface area (Å²) in [6.45, 7) is 0. The molecule has 0 heterocycles. The Bertz CT molecular complexity index is 286. The number of rotatable bonds is 2. The minimum atomic E-state index is -1.05. The van der Waals surface area contributed by atoms with Gasteiger partial charge >= 0.3 is 11.9 Å². The average Bonchev–Trinajstić information content (AvgIpc) is 2.60. The molecule has 4 nitrogen and oxygen atoms in total. The van der Waals surface area contributed by atoms with Crippen molar-refractivity contribution in [2.75, 3.05) is 0 Å². The summed E-state index contributed by atoms with van der Waals surface area (Å²) in [6, 6.07) is 0. The van der Waals surface area contributed by atoms with Crippen LogP contribution in [0.5, 0.6) is 0 Å². The van der Waals surface area contributed by atoms with E-state index >= 15 is 0 Å². The van der Waals surface area contributed by atoms with Gasteiger partial charge in [-0.1, -0.05) is 0 Å². The van der Waals surface area contributed by atoms with E-state index in [0.717, 1.165) is 19.3 Å². The first-order valence-corrected chi connectivity index (χ1v) is 4.32. The van der Waals surface area contributed by atoms with Gasteiger partial charge in [-0.3, -0.25) is 0 Å². The van der Waals surface area contributed by atoms with Crippen molar-refractivity contribution in [3.63, 3.8) is 0 Å². The van der Waals surface area contributed by atoms with Gasteiger partial charge in [-0.2, -0.15) is 0 Å². The van der Waals surface area contributed by atoms with E-state index in [-0.39, 0.29) is 23.0 Å². The summed E-state index contributed by atoms with van der Waals surface area (Å²) in [7, 11) is 0. The fourth-order valence-electron chi connectivity index (χ4n) is 2.53. The fourth-order valence-corrected chi connectivity index (χ4v) is 2.53. The number of fused-ring (bicyclic) bond motifs is 2. The summed E-state index contributed by atoms with van der Waals surface area (Å²) in [6.07, 6.45) is 2.40. The Morgan fingerprint density at radius 3 is 1.69 bits per heavy atom. The summed E-state index contributed by atoms with van der Waals surface area (Å²) in [5.74, 6) is -2.11. The van der Waals surface area contributed by atoms with Crippen molar-refractivity contribution in [3.8, 4) is 0 Å². The molecule has 0 saturated heterocycles. The van der Waals surface area contributed by atoms with Gasteiger partial charge in [0.25, 0.3) is 0 Å². The van der Waals surface area contributed by atoms with Gasteiger partial charge in [0.15, 0.2) is 0 Å². The molecule has 0 spiro atoms. The number of aliphatic carboxylic acids is 2. The third kappa shape index (κ3) is 1.05. The Labute approximate surface area is 74.9 Å². The number of hydrogen-bond acceptors (Lipinski definition) is 2. The molecular formula is C9H10O4. The Hall–Kier alpha value is -1.32. The molecule has 2 aliphatic rings. The number of carboxylic acids is 2. The number of carbonyl (C=O) groups is 2. The second-order valence-corrected chi connectivity index (χ2v) is 3.64. The van der Waals surface area contributed by atoms with Crippen molar-refractivity contribution in [3.05, 3.63) is 11.1 Å². The van der Waals surface area contributed by atoms with Crippen molar-refractivity contribution < 1.29 is 19.8 Å². The number of hydrogen-bond donors (Lipinski definition) is 2. The molecular weight excluding hydrogens is 172 g/mol. The smallest absolute Gasteiger partial charge is 0.332 e. The van der Waals surface area contributed by atoms with Crippen LogP contribution in [0, 0.1) is 11.8 Å². The zero-order valence-corrected chi connectivity index (χ0v) is 6.99. The Morgan fingerprint density at radius 1 is 1.00 bits per heavy atom. The minimum Gasteiger partial charge on any atom is -0.478 e. The number of carboxylic acid groups (broad SMARTS) is 2. The molecule has 13 heavy (non-hydrogen) atoms. The standard InChI is InChI=1S/C9H10O4/c10-8(11)6-4-1-2-5(3-4)7(6)9(12)13/h4-5H,1-3H2,(H,10,11)(H,12,13)/t4-,5-/m1/s1. The SMILES string of the molecule is O=C(O)C1=C(C(=O)O)[C@@H]2CC[C@@H]1C2. The molecule has 1 saturated carbocycles. The highest BCUT2D eigenvalue weighted by Crippen LogP contribution is 2.48. The summed E-state index contributed by atoms with van der Waals surface area (Å²) in [5, 5.41) is 17.7. The summed E-state index contributed by atoms with van der Waals surface area (Å²) in [5.41, 5.74) is 0.313. The molecule has 0 aliphatic heterocycles. The molecule has 0 aromatic rings. The molecule has 0 aromatic carbocycles. The lowest BCUT2D eigenvalue weighted by Gasteiger charge is -2.12. The Balaban J connectivity index is 2.46. The second kappa shape index (κ2) is 2.58. The zero-order valence-electron chi connectivity index (χ0n) is 6.99. The maximum Gasteiger partial charge on any atom is 0.332 e. The van der Waals surface area contributed by atoms with E-state index in [2.05, 4.69) is 0 Å². The van der Waals surface area contributed by atoms with Crippen LogP contribution < -0.4 is 0 Å². The van der Waals surface area contributed by atoms with Gasteiger partial charge in [0.05, 0.1) is 11.1 Å². The van der Waals surface area contributed by atoms with Gasteiger partial charge in [-0.25, -0.2) is 9.59 Å². The molecule has 0 unspecified atom stereocenters. The molecule has 2 bridgehead atoms. The van der Waals surface area contributed by atoms with Crippen LogP contribution in [-0.2, 0) is 9.59 Å². The van der Waals surface area contributed by atoms with E-state index < -0.39 is 11.9 Å². The lowest BCUT2D eigenvalue weighted by Crippen LogP contribution is -2.17. The first-order chi connectivity index (χ1) is 6.11. The predicted molar refractivity (Wildman–Crippen MR) is 43.1 cm³/mol. The van der Waals surface area contributed by atoms with Gasteiger partial charge in [0, 0.05) is 0 Å².